The summed E-state index contributed by atoms with van der Waals surface area (Å²) >= 11 is 0. The van der Waals surface area contributed by atoms with Crippen molar-refractivity contribution in [3.63, 3.8) is 0 Å². The predicted octanol–water partition coefficient (Wildman–Crippen LogP) is 3.86. The van der Waals surface area contributed by atoms with Crippen LogP contribution >= 0.6 is 0 Å². The number of amides is 1. The molecule has 1 unspecified atom stereocenters. The smallest absolute Gasteiger partial charge is 0.229 e. The third-order valence-corrected chi connectivity index (χ3v) is 6.45. The number of rotatable bonds is 3. The van der Waals surface area contributed by atoms with Crippen molar-refractivity contribution in [2.45, 2.75) is 38.3 Å². The molecule has 0 aliphatic carbocycles. The number of nitrogens with zero attached hydrogens (tertiary/aromatic N) is 1. The molecular formula is C24H26N2O3. The number of carbonyl (C=O) groups is 1. The molecule has 5 nitrogen and oxygen atoms in total. The maximum absolute atomic E-state index is 13.8. The van der Waals surface area contributed by atoms with Crippen molar-refractivity contribution in [1.29, 1.82) is 0 Å². The molecule has 29 heavy (non-hydrogen) atoms. The molecule has 5 heteroatoms. The monoisotopic (exact) mass is 390 g/mol. The van der Waals surface area contributed by atoms with Crippen LogP contribution in [0.5, 0.6) is 11.5 Å². The summed E-state index contributed by atoms with van der Waals surface area (Å²) in [5.41, 5.74) is 0.888. The highest BCUT2D eigenvalue weighted by Crippen LogP contribution is 2.44. The van der Waals surface area contributed by atoms with Crippen molar-refractivity contribution in [1.82, 2.24) is 10.2 Å². The number of fused-ring (bicyclic) bond motifs is 1. The first-order valence-corrected chi connectivity index (χ1v) is 10.4. The Balaban J connectivity index is 1.45. The van der Waals surface area contributed by atoms with Crippen LogP contribution in [0.3, 0.4) is 0 Å². The molecule has 0 bridgehead atoms. The zero-order valence-electron chi connectivity index (χ0n) is 16.5. The molecule has 1 spiro atoms. The quantitative estimate of drug-likeness (QED) is 0.865. The average molecular weight is 390 g/mol. The van der Waals surface area contributed by atoms with Gasteiger partial charge in [-0.1, -0.05) is 42.5 Å². The Morgan fingerprint density at radius 3 is 2.48 bits per heavy atom. The second-order valence-corrected chi connectivity index (χ2v) is 8.19. The van der Waals surface area contributed by atoms with Crippen molar-refractivity contribution in [2.24, 2.45) is 5.41 Å². The Morgan fingerprint density at radius 2 is 1.69 bits per heavy atom. The van der Waals surface area contributed by atoms with Gasteiger partial charge in [0.2, 0.25) is 5.91 Å². The van der Waals surface area contributed by atoms with Gasteiger partial charge in [-0.15, -0.1) is 0 Å². The Morgan fingerprint density at radius 1 is 0.966 bits per heavy atom. The molecule has 1 amide bonds. The topological polar surface area (TPSA) is 50.8 Å². The van der Waals surface area contributed by atoms with E-state index >= 15 is 0 Å². The maximum atomic E-state index is 13.8. The molecule has 2 aromatic carbocycles. The minimum Gasteiger partial charge on any atom is -0.457 e. The lowest BCUT2D eigenvalue weighted by Crippen LogP contribution is -2.57. The number of benzene rings is 2. The fourth-order valence-corrected chi connectivity index (χ4v) is 4.80. The fourth-order valence-electron chi connectivity index (χ4n) is 4.80. The van der Waals surface area contributed by atoms with Crippen LogP contribution in [-0.4, -0.2) is 29.9 Å². The molecule has 3 heterocycles. The van der Waals surface area contributed by atoms with Crippen LogP contribution in [0.1, 0.15) is 31.2 Å². The standard InChI is InChI=1S/C24H26N2O3/c27-23-24(12-14-25-15-13-24)11-10-19(26(23)16-18-6-2-1-3-7-18)22-17-28-20-8-4-5-9-21(20)29-22/h1-9,17,19,25H,10-16H2. The van der Waals surface area contributed by atoms with E-state index in [1.165, 1.54) is 0 Å². The number of para-hydroxylation sites is 2. The van der Waals surface area contributed by atoms with E-state index in [0.29, 0.717) is 18.0 Å². The van der Waals surface area contributed by atoms with Crippen LogP contribution in [0.2, 0.25) is 0 Å². The van der Waals surface area contributed by atoms with Crippen LogP contribution in [0.25, 0.3) is 0 Å². The van der Waals surface area contributed by atoms with E-state index in [1.807, 2.05) is 47.4 Å². The number of hydrogen-bond donors (Lipinski definition) is 1. The summed E-state index contributed by atoms with van der Waals surface area (Å²) in [5.74, 6) is 2.39. The van der Waals surface area contributed by atoms with Gasteiger partial charge in [-0.3, -0.25) is 4.79 Å². The van der Waals surface area contributed by atoms with Crippen LogP contribution in [0.4, 0.5) is 0 Å². The van der Waals surface area contributed by atoms with E-state index < -0.39 is 0 Å². The molecule has 0 saturated carbocycles. The average Bonchev–Trinajstić information content (AvgIpc) is 2.78. The van der Waals surface area contributed by atoms with Gasteiger partial charge in [0.1, 0.15) is 6.26 Å². The molecule has 3 aliphatic heterocycles. The number of nitrogens with one attached hydrogen (secondary N) is 1. The SMILES string of the molecule is O=C1N(Cc2ccccc2)C(C2=COc3ccccc3O2)CCC12CCNCC2. The van der Waals surface area contributed by atoms with Gasteiger partial charge in [-0.05, 0) is 56.5 Å². The van der Waals surface area contributed by atoms with Crippen molar-refractivity contribution in [3.8, 4) is 11.5 Å². The van der Waals surface area contributed by atoms with Crippen molar-refractivity contribution < 1.29 is 14.3 Å². The van der Waals surface area contributed by atoms with Gasteiger partial charge in [0, 0.05) is 6.54 Å². The lowest BCUT2D eigenvalue weighted by atomic mass is 9.70. The third-order valence-electron chi connectivity index (χ3n) is 6.45. The number of piperidine rings is 2. The molecule has 2 saturated heterocycles. The van der Waals surface area contributed by atoms with Gasteiger partial charge >= 0.3 is 0 Å². The summed E-state index contributed by atoms with van der Waals surface area (Å²) in [5, 5.41) is 3.40. The molecular weight excluding hydrogens is 364 g/mol. The largest absolute Gasteiger partial charge is 0.457 e. The van der Waals surface area contributed by atoms with Gasteiger partial charge in [0.25, 0.3) is 0 Å². The van der Waals surface area contributed by atoms with E-state index in [2.05, 4.69) is 17.4 Å². The number of ether oxygens (including phenoxy) is 2. The minimum absolute atomic E-state index is 0.114. The van der Waals surface area contributed by atoms with Gasteiger partial charge in [0.15, 0.2) is 17.3 Å². The third kappa shape index (κ3) is 3.40. The Hall–Kier alpha value is -2.79. The molecule has 0 radical (unpaired) electrons. The lowest BCUT2D eigenvalue weighted by molar-refractivity contribution is -0.153. The molecule has 150 valence electrons. The number of likely N-dealkylation sites (tertiary alicyclic amines) is 1. The summed E-state index contributed by atoms with van der Waals surface area (Å²) in [4.78, 5) is 15.8. The zero-order chi connectivity index (χ0) is 19.7. The van der Waals surface area contributed by atoms with Crippen LogP contribution in [0, 0.1) is 5.41 Å². The first-order chi connectivity index (χ1) is 14.3. The highest BCUT2D eigenvalue weighted by Gasteiger charge is 2.49. The number of hydrogen-bond acceptors (Lipinski definition) is 4. The molecule has 2 fully saturated rings. The Labute approximate surface area is 171 Å². The molecule has 3 aliphatic rings. The van der Waals surface area contributed by atoms with E-state index in [4.69, 9.17) is 9.47 Å². The number of carbonyl (C=O) groups excluding carboxylic acids is 1. The van der Waals surface area contributed by atoms with Crippen LogP contribution in [0.15, 0.2) is 66.6 Å². The first kappa shape index (κ1) is 18.3. The maximum Gasteiger partial charge on any atom is 0.229 e. The Kier molecular flexibility index (Phi) is 4.76. The van der Waals surface area contributed by atoms with Crippen molar-refractivity contribution >= 4 is 5.91 Å². The molecule has 2 aromatic rings. The Bertz CT molecular complexity index is 919. The van der Waals surface area contributed by atoms with Gasteiger partial charge in [-0.2, -0.15) is 0 Å². The van der Waals surface area contributed by atoms with E-state index in [0.717, 1.165) is 50.1 Å². The molecule has 5 rings (SSSR count). The summed E-state index contributed by atoms with van der Waals surface area (Å²) in [7, 11) is 0. The van der Waals surface area contributed by atoms with E-state index in [-0.39, 0.29) is 17.4 Å². The second-order valence-electron chi connectivity index (χ2n) is 8.19. The zero-order valence-corrected chi connectivity index (χ0v) is 16.5. The first-order valence-electron chi connectivity index (χ1n) is 10.4. The van der Waals surface area contributed by atoms with Crippen LogP contribution in [-0.2, 0) is 11.3 Å². The molecule has 1 atom stereocenters. The highest BCUT2D eigenvalue weighted by atomic mass is 16.6. The van der Waals surface area contributed by atoms with Gasteiger partial charge < -0.3 is 19.7 Å². The highest BCUT2D eigenvalue weighted by molar-refractivity contribution is 5.84. The summed E-state index contributed by atoms with van der Waals surface area (Å²) < 4.78 is 12.0. The van der Waals surface area contributed by atoms with Crippen molar-refractivity contribution in [3.05, 3.63) is 72.2 Å². The molecule has 1 N–H and O–H groups in total. The van der Waals surface area contributed by atoms with Gasteiger partial charge in [-0.25, -0.2) is 0 Å². The van der Waals surface area contributed by atoms with Gasteiger partial charge in [0.05, 0.1) is 11.5 Å². The summed E-state index contributed by atoms with van der Waals surface area (Å²) in [6.07, 6.45) is 5.27. The lowest BCUT2D eigenvalue weighted by Gasteiger charge is -2.48. The summed E-state index contributed by atoms with van der Waals surface area (Å²) in [6, 6.07) is 17.7. The predicted molar refractivity (Wildman–Crippen MR) is 110 cm³/mol. The molecule has 0 aromatic heterocycles. The second kappa shape index (κ2) is 7.56. The van der Waals surface area contributed by atoms with E-state index in [9.17, 15) is 4.79 Å². The summed E-state index contributed by atoms with van der Waals surface area (Å²) in [6.45, 7) is 2.40. The normalized spacial score (nSPS) is 23.0. The minimum atomic E-state index is -0.246. The fraction of sp³-hybridized carbons (Fsp3) is 0.375. The van der Waals surface area contributed by atoms with E-state index in [1.54, 1.807) is 6.26 Å². The van der Waals surface area contributed by atoms with Crippen LogP contribution < -0.4 is 14.8 Å². The van der Waals surface area contributed by atoms with Crippen molar-refractivity contribution in [2.75, 3.05) is 13.1 Å².